The van der Waals surface area contributed by atoms with E-state index < -0.39 is 0 Å². The number of thiophene rings is 1. The van der Waals surface area contributed by atoms with Crippen LogP contribution in [0, 0.1) is 13.8 Å². The average Bonchev–Trinajstić information content (AvgIpc) is 3.10. The maximum Gasteiger partial charge on any atom is 0.143 e. The molecule has 0 bridgehead atoms. The van der Waals surface area contributed by atoms with Crippen LogP contribution in [0.4, 0.5) is 17.2 Å². The lowest BCUT2D eigenvalue weighted by atomic mass is 10.0. The molecule has 0 spiro atoms. The van der Waals surface area contributed by atoms with E-state index in [1.807, 2.05) is 14.1 Å². The first-order valence-electron chi connectivity index (χ1n) is 8.87. The van der Waals surface area contributed by atoms with E-state index in [1.165, 1.54) is 27.9 Å². The lowest BCUT2D eigenvalue weighted by molar-refractivity contribution is 1.13. The second kappa shape index (κ2) is 8.17. The summed E-state index contributed by atoms with van der Waals surface area (Å²) in [6.07, 6.45) is 1.62. The molecule has 28 heavy (non-hydrogen) atoms. The van der Waals surface area contributed by atoms with Crippen molar-refractivity contribution in [3.8, 4) is 11.1 Å². The molecule has 0 aliphatic rings. The van der Waals surface area contributed by atoms with Gasteiger partial charge in [-0.2, -0.15) is 0 Å². The molecule has 0 unspecified atom stereocenters. The molecule has 1 N–H and O–H groups in total. The van der Waals surface area contributed by atoms with Crippen LogP contribution in [0.2, 0.25) is 0 Å². The first kappa shape index (κ1) is 20.1. The SMILES string of the molecule is Cc1ccc(-c2csc3ncnc(Nc4ccc(N(C)C)cc4)c23)cc1C.Cl. The Morgan fingerprint density at radius 1 is 0.929 bits per heavy atom. The molecule has 0 aliphatic heterocycles. The summed E-state index contributed by atoms with van der Waals surface area (Å²) in [6, 6.07) is 14.9. The highest BCUT2D eigenvalue weighted by molar-refractivity contribution is 7.17. The number of benzene rings is 2. The van der Waals surface area contributed by atoms with Gasteiger partial charge in [0.15, 0.2) is 0 Å². The highest BCUT2D eigenvalue weighted by atomic mass is 35.5. The smallest absolute Gasteiger partial charge is 0.143 e. The van der Waals surface area contributed by atoms with E-state index in [0.717, 1.165) is 21.7 Å². The van der Waals surface area contributed by atoms with Crippen LogP contribution >= 0.6 is 23.7 Å². The zero-order valence-electron chi connectivity index (χ0n) is 16.4. The van der Waals surface area contributed by atoms with Crippen LogP contribution < -0.4 is 10.2 Å². The molecule has 4 aromatic rings. The van der Waals surface area contributed by atoms with Crippen molar-refractivity contribution in [1.29, 1.82) is 0 Å². The van der Waals surface area contributed by atoms with Gasteiger partial charge in [-0.25, -0.2) is 9.97 Å². The summed E-state index contributed by atoms with van der Waals surface area (Å²) in [6.45, 7) is 4.29. The third kappa shape index (κ3) is 3.81. The quantitative estimate of drug-likeness (QED) is 0.434. The predicted octanol–water partition coefficient (Wildman–Crippen LogP) is 6.21. The minimum absolute atomic E-state index is 0. The molecule has 0 radical (unpaired) electrons. The Bertz CT molecular complexity index is 1100. The van der Waals surface area contributed by atoms with Gasteiger partial charge in [0.1, 0.15) is 17.0 Å². The summed E-state index contributed by atoms with van der Waals surface area (Å²) in [5.41, 5.74) is 7.14. The zero-order chi connectivity index (χ0) is 19.0. The van der Waals surface area contributed by atoms with Crippen LogP contribution in [-0.4, -0.2) is 24.1 Å². The van der Waals surface area contributed by atoms with Crippen molar-refractivity contribution in [1.82, 2.24) is 9.97 Å². The van der Waals surface area contributed by atoms with Gasteiger partial charge in [0, 0.05) is 36.4 Å². The van der Waals surface area contributed by atoms with Crippen molar-refractivity contribution in [2.24, 2.45) is 0 Å². The molecule has 144 valence electrons. The Kier molecular flexibility index (Phi) is 5.87. The monoisotopic (exact) mass is 410 g/mol. The molecule has 0 aliphatic carbocycles. The largest absolute Gasteiger partial charge is 0.378 e. The Morgan fingerprint density at radius 3 is 2.36 bits per heavy atom. The molecule has 2 aromatic carbocycles. The van der Waals surface area contributed by atoms with Crippen molar-refractivity contribution in [2.45, 2.75) is 13.8 Å². The van der Waals surface area contributed by atoms with Crippen molar-refractivity contribution >= 4 is 51.2 Å². The summed E-state index contributed by atoms with van der Waals surface area (Å²) in [4.78, 5) is 12.1. The normalized spacial score (nSPS) is 10.6. The molecule has 2 heterocycles. The first-order valence-corrected chi connectivity index (χ1v) is 9.75. The number of aromatic nitrogens is 2. The number of hydrogen-bond acceptors (Lipinski definition) is 5. The molecular weight excluding hydrogens is 388 g/mol. The number of nitrogens with zero attached hydrogens (tertiary/aromatic N) is 3. The number of fused-ring (bicyclic) bond motifs is 1. The molecule has 2 aromatic heterocycles. The average molecular weight is 411 g/mol. The van der Waals surface area contributed by atoms with Gasteiger partial charge in [0.2, 0.25) is 0 Å². The molecule has 0 saturated carbocycles. The van der Waals surface area contributed by atoms with Crippen LogP contribution in [0.15, 0.2) is 54.2 Å². The molecule has 0 fully saturated rings. The van der Waals surface area contributed by atoms with Gasteiger partial charge in [0.25, 0.3) is 0 Å². The summed E-state index contributed by atoms with van der Waals surface area (Å²) >= 11 is 1.65. The minimum Gasteiger partial charge on any atom is -0.378 e. The lowest BCUT2D eigenvalue weighted by Gasteiger charge is -2.13. The molecular formula is C22H23ClN4S. The van der Waals surface area contributed by atoms with Crippen LogP contribution in [-0.2, 0) is 0 Å². The van der Waals surface area contributed by atoms with Gasteiger partial charge in [-0.15, -0.1) is 23.7 Å². The Labute approximate surface area is 175 Å². The second-order valence-corrected chi connectivity index (χ2v) is 7.78. The van der Waals surface area contributed by atoms with E-state index in [4.69, 9.17) is 0 Å². The van der Waals surface area contributed by atoms with Gasteiger partial charge in [-0.05, 0) is 54.8 Å². The van der Waals surface area contributed by atoms with Gasteiger partial charge in [-0.1, -0.05) is 18.2 Å². The fourth-order valence-corrected chi connectivity index (χ4v) is 3.99. The van der Waals surface area contributed by atoms with Crippen LogP contribution in [0.25, 0.3) is 21.3 Å². The van der Waals surface area contributed by atoms with E-state index in [2.05, 4.69) is 81.9 Å². The molecule has 0 saturated heterocycles. The number of halogens is 1. The fraction of sp³-hybridized carbons (Fsp3) is 0.182. The van der Waals surface area contributed by atoms with Crippen LogP contribution in [0.5, 0.6) is 0 Å². The minimum atomic E-state index is 0. The van der Waals surface area contributed by atoms with Crippen LogP contribution in [0.1, 0.15) is 11.1 Å². The van der Waals surface area contributed by atoms with E-state index >= 15 is 0 Å². The third-order valence-electron chi connectivity index (χ3n) is 4.83. The standard InChI is InChI=1S/C22H22N4S.ClH/c1-14-5-6-16(11-15(14)2)19-12-27-22-20(19)21(23-13-24-22)25-17-7-9-18(10-8-17)26(3)4;/h5-13H,1-4H3,(H,23,24,25);1H. The Hall–Kier alpha value is -2.63. The molecule has 4 nitrogen and oxygen atoms in total. The highest BCUT2D eigenvalue weighted by Gasteiger charge is 2.14. The zero-order valence-corrected chi connectivity index (χ0v) is 18.0. The highest BCUT2D eigenvalue weighted by Crippen LogP contribution is 2.38. The number of aryl methyl sites for hydroxylation is 2. The van der Waals surface area contributed by atoms with Gasteiger partial charge in [0.05, 0.1) is 5.39 Å². The molecule has 6 heteroatoms. The maximum absolute atomic E-state index is 4.53. The molecule has 0 atom stereocenters. The van der Waals surface area contributed by atoms with E-state index in [1.54, 1.807) is 17.7 Å². The van der Waals surface area contributed by atoms with Crippen molar-refractivity contribution in [3.63, 3.8) is 0 Å². The summed E-state index contributed by atoms with van der Waals surface area (Å²) in [7, 11) is 4.08. The summed E-state index contributed by atoms with van der Waals surface area (Å²) in [5.74, 6) is 0.840. The van der Waals surface area contributed by atoms with Gasteiger partial charge >= 0.3 is 0 Å². The summed E-state index contributed by atoms with van der Waals surface area (Å²) < 4.78 is 0. The molecule has 0 amide bonds. The predicted molar refractivity (Wildman–Crippen MR) is 124 cm³/mol. The van der Waals surface area contributed by atoms with Gasteiger partial charge < -0.3 is 10.2 Å². The first-order chi connectivity index (χ1) is 13.0. The van der Waals surface area contributed by atoms with Crippen molar-refractivity contribution in [2.75, 3.05) is 24.3 Å². The van der Waals surface area contributed by atoms with Crippen molar-refractivity contribution in [3.05, 3.63) is 65.3 Å². The van der Waals surface area contributed by atoms with E-state index in [0.29, 0.717) is 0 Å². The van der Waals surface area contributed by atoms with Crippen molar-refractivity contribution < 1.29 is 0 Å². The Morgan fingerprint density at radius 2 is 1.68 bits per heavy atom. The van der Waals surface area contributed by atoms with Crippen LogP contribution in [0.3, 0.4) is 0 Å². The molecule has 4 rings (SSSR count). The number of nitrogens with one attached hydrogen (secondary N) is 1. The number of rotatable bonds is 4. The lowest BCUT2D eigenvalue weighted by Crippen LogP contribution is -2.08. The van der Waals surface area contributed by atoms with E-state index in [9.17, 15) is 0 Å². The number of anilines is 3. The maximum atomic E-state index is 4.53. The van der Waals surface area contributed by atoms with E-state index in [-0.39, 0.29) is 12.4 Å². The Balaban J connectivity index is 0.00000225. The third-order valence-corrected chi connectivity index (χ3v) is 5.72. The number of hydrogen-bond donors (Lipinski definition) is 1. The fourth-order valence-electron chi connectivity index (χ4n) is 3.07. The van der Waals surface area contributed by atoms with Gasteiger partial charge in [-0.3, -0.25) is 0 Å². The summed E-state index contributed by atoms with van der Waals surface area (Å²) in [5, 5.41) is 6.71. The topological polar surface area (TPSA) is 41.1 Å². The second-order valence-electron chi connectivity index (χ2n) is 6.92.